The molecule has 0 radical (unpaired) electrons. The number of benzene rings is 2. The van der Waals surface area contributed by atoms with Crippen LogP contribution in [0.3, 0.4) is 0 Å². The first-order valence-corrected chi connectivity index (χ1v) is 13.1. The number of fused-ring (bicyclic) bond motifs is 1. The zero-order valence-corrected chi connectivity index (χ0v) is 20.8. The molecule has 2 N–H and O–H groups in total. The number of hydrogen-bond donors (Lipinski definition) is 2. The van der Waals surface area contributed by atoms with Gasteiger partial charge in [-0.25, -0.2) is 0 Å². The maximum atomic E-state index is 13.5. The minimum absolute atomic E-state index is 0.0279. The monoisotopic (exact) mass is 492 g/mol. The molecule has 0 spiro atoms. The topological polar surface area (TPSA) is 68.4 Å². The van der Waals surface area contributed by atoms with E-state index in [1.54, 1.807) is 12.1 Å². The van der Waals surface area contributed by atoms with Crippen molar-refractivity contribution in [3.63, 3.8) is 0 Å². The van der Waals surface area contributed by atoms with E-state index < -0.39 is 0 Å². The third kappa shape index (κ3) is 5.71. The minimum atomic E-state index is -0.247. The average Bonchev–Trinajstić information content (AvgIpc) is 3.57. The molecule has 2 aliphatic rings. The van der Waals surface area contributed by atoms with Crippen molar-refractivity contribution in [1.82, 2.24) is 15.2 Å². The normalized spacial score (nSPS) is 17.6. The fourth-order valence-electron chi connectivity index (χ4n) is 5.50. The van der Waals surface area contributed by atoms with Crippen molar-refractivity contribution in [3.05, 3.63) is 65.3 Å². The molecule has 1 aliphatic carbocycles. The van der Waals surface area contributed by atoms with Gasteiger partial charge in [-0.1, -0.05) is 42.6 Å². The van der Waals surface area contributed by atoms with Gasteiger partial charge in [0.15, 0.2) is 0 Å². The SMILES string of the molecule is O=C(CN(C(=O)c1cc2cc(Cl)ccc2[nH]1)c1ccccc1)NCC1CCN(C2CCCC2)CC1. The molecule has 184 valence electrons. The zero-order chi connectivity index (χ0) is 24.2. The maximum Gasteiger partial charge on any atom is 0.275 e. The zero-order valence-electron chi connectivity index (χ0n) is 20.0. The second-order valence-corrected chi connectivity index (χ2v) is 10.3. The van der Waals surface area contributed by atoms with Crippen LogP contribution in [0, 0.1) is 5.92 Å². The second-order valence-electron chi connectivity index (χ2n) is 9.86. The predicted octanol–water partition coefficient (Wildman–Crippen LogP) is 5.24. The van der Waals surface area contributed by atoms with E-state index in [2.05, 4.69) is 15.2 Å². The van der Waals surface area contributed by atoms with Crippen LogP contribution in [0.25, 0.3) is 10.9 Å². The predicted molar refractivity (Wildman–Crippen MR) is 141 cm³/mol. The van der Waals surface area contributed by atoms with Gasteiger partial charge in [-0.3, -0.25) is 14.5 Å². The molecule has 7 heteroatoms. The summed E-state index contributed by atoms with van der Waals surface area (Å²) in [4.78, 5) is 33.8. The third-order valence-electron chi connectivity index (χ3n) is 7.51. The number of amides is 2. The number of rotatable bonds is 7. The summed E-state index contributed by atoms with van der Waals surface area (Å²) in [7, 11) is 0. The van der Waals surface area contributed by atoms with E-state index in [-0.39, 0.29) is 18.4 Å². The summed E-state index contributed by atoms with van der Waals surface area (Å²) in [5.74, 6) is 0.110. The fourth-order valence-corrected chi connectivity index (χ4v) is 5.68. The first-order valence-electron chi connectivity index (χ1n) is 12.7. The molecular formula is C28H33ClN4O2. The van der Waals surface area contributed by atoms with Crippen LogP contribution < -0.4 is 10.2 Å². The molecule has 2 aromatic carbocycles. The van der Waals surface area contributed by atoms with Crippen LogP contribution in [-0.2, 0) is 4.79 Å². The van der Waals surface area contributed by atoms with Gasteiger partial charge in [-0.05, 0) is 81.1 Å². The van der Waals surface area contributed by atoms with Crippen molar-refractivity contribution < 1.29 is 9.59 Å². The first kappa shape index (κ1) is 23.9. The second kappa shape index (κ2) is 10.8. The lowest BCUT2D eigenvalue weighted by atomic mass is 9.95. The van der Waals surface area contributed by atoms with Gasteiger partial charge in [0.1, 0.15) is 12.2 Å². The van der Waals surface area contributed by atoms with Crippen LogP contribution in [-0.4, -0.2) is 53.9 Å². The summed E-state index contributed by atoms with van der Waals surface area (Å²) >= 11 is 6.11. The van der Waals surface area contributed by atoms with Gasteiger partial charge in [0, 0.05) is 34.2 Å². The lowest BCUT2D eigenvalue weighted by molar-refractivity contribution is -0.120. The Morgan fingerprint density at radius 1 is 1.00 bits per heavy atom. The van der Waals surface area contributed by atoms with E-state index >= 15 is 0 Å². The van der Waals surface area contributed by atoms with Gasteiger partial charge < -0.3 is 15.2 Å². The minimum Gasteiger partial charge on any atom is -0.354 e. The van der Waals surface area contributed by atoms with E-state index in [1.165, 1.54) is 30.6 Å². The smallest absolute Gasteiger partial charge is 0.275 e. The number of carbonyl (C=O) groups is 2. The summed E-state index contributed by atoms with van der Waals surface area (Å²) in [6.45, 7) is 2.90. The Kier molecular flexibility index (Phi) is 7.40. The Hall–Kier alpha value is -2.83. The molecule has 2 heterocycles. The van der Waals surface area contributed by atoms with Crippen molar-refractivity contribution >= 4 is 40.0 Å². The number of carbonyl (C=O) groups excluding carboxylic acids is 2. The number of nitrogens with zero attached hydrogens (tertiary/aromatic N) is 2. The molecule has 1 saturated heterocycles. The molecule has 2 amide bonds. The number of hydrogen-bond acceptors (Lipinski definition) is 3. The highest BCUT2D eigenvalue weighted by Crippen LogP contribution is 2.28. The molecule has 2 fully saturated rings. The standard InChI is InChI=1S/C28H33ClN4O2/c29-22-10-11-25-21(16-22)17-26(31-25)28(35)33(24-8-2-1-3-9-24)19-27(34)30-18-20-12-14-32(15-13-20)23-6-4-5-7-23/h1-3,8-11,16-17,20,23,31H,4-7,12-15,18-19H2,(H,30,34). The number of piperidine rings is 1. The molecule has 0 atom stereocenters. The number of likely N-dealkylation sites (tertiary alicyclic amines) is 1. The van der Waals surface area contributed by atoms with E-state index in [4.69, 9.17) is 11.6 Å². The first-order chi connectivity index (χ1) is 17.1. The summed E-state index contributed by atoms with van der Waals surface area (Å²) in [5.41, 5.74) is 1.95. The fraction of sp³-hybridized carbons (Fsp3) is 0.429. The highest BCUT2D eigenvalue weighted by molar-refractivity contribution is 6.31. The molecule has 0 bridgehead atoms. The molecule has 5 rings (SSSR count). The molecule has 1 aliphatic heterocycles. The van der Waals surface area contributed by atoms with Crippen LogP contribution in [0.1, 0.15) is 49.0 Å². The maximum absolute atomic E-state index is 13.5. The van der Waals surface area contributed by atoms with Crippen molar-refractivity contribution in [2.24, 2.45) is 5.92 Å². The summed E-state index contributed by atoms with van der Waals surface area (Å²) in [6, 6.07) is 17.4. The van der Waals surface area contributed by atoms with Crippen LogP contribution in [0.15, 0.2) is 54.6 Å². The summed E-state index contributed by atoms with van der Waals surface area (Å²) in [6.07, 6.45) is 7.65. The van der Waals surface area contributed by atoms with Gasteiger partial charge in [0.05, 0.1) is 0 Å². The quantitative estimate of drug-likeness (QED) is 0.474. The van der Waals surface area contributed by atoms with E-state index in [0.717, 1.165) is 42.9 Å². The van der Waals surface area contributed by atoms with Crippen molar-refractivity contribution in [2.75, 3.05) is 31.1 Å². The summed E-state index contributed by atoms with van der Waals surface area (Å²) in [5, 5.41) is 4.58. The molecule has 3 aromatic rings. The van der Waals surface area contributed by atoms with E-state index in [0.29, 0.717) is 28.9 Å². The summed E-state index contributed by atoms with van der Waals surface area (Å²) < 4.78 is 0. The van der Waals surface area contributed by atoms with Gasteiger partial charge in [0.25, 0.3) is 5.91 Å². The van der Waals surface area contributed by atoms with Gasteiger partial charge >= 0.3 is 0 Å². The van der Waals surface area contributed by atoms with Gasteiger partial charge in [-0.15, -0.1) is 0 Å². The Bertz CT molecular complexity index is 1160. The van der Waals surface area contributed by atoms with E-state index in [9.17, 15) is 9.59 Å². The lowest BCUT2D eigenvalue weighted by Crippen LogP contribution is -2.45. The van der Waals surface area contributed by atoms with E-state index in [1.807, 2.05) is 42.5 Å². The van der Waals surface area contributed by atoms with Crippen molar-refractivity contribution in [2.45, 2.75) is 44.6 Å². The molecule has 0 unspecified atom stereocenters. The van der Waals surface area contributed by atoms with Gasteiger partial charge in [0.2, 0.25) is 5.91 Å². The van der Waals surface area contributed by atoms with Crippen molar-refractivity contribution in [1.29, 1.82) is 0 Å². The Morgan fingerprint density at radius 2 is 1.74 bits per heavy atom. The van der Waals surface area contributed by atoms with Crippen molar-refractivity contribution in [3.8, 4) is 0 Å². The third-order valence-corrected chi connectivity index (χ3v) is 7.74. The number of aromatic nitrogens is 1. The highest BCUT2D eigenvalue weighted by atomic mass is 35.5. The Labute approximate surface area is 211 Å². The largest absolute Gasteiger partial charge is 0.354 e. The average molecular weight is 493 g/mol. The molecule has 35 heavy (non-hydrogen) atoms. The number of H-pyrrole nitrogens is 1. The molecule has 1 aromatic heterocycles. The molecular weight excluding hydrogens is 460 g/mol. The number of para-hydroxylation sites is 1. The van der Waals surface area contributed by atoms with Crippen LogP contribution in [0.4, 0.5) is 5.69 Å². The number of nitrogens with one attached hydrogen (secondary N) is 2. The Morgan fingerprint density at radius 3 is 2.49 bits per heavy atom. The Balaban J connectivity index is 1.21. The molecule has 6 nitrogen and oxygen atoms in total. The van der Waals surface area contributed by atoms with Crippen LogP contribution in [0.5, 0.6) is 0 Å². The number of aromatic amines is 1. The number of anilines is 1. The van der Waals surface area contributed by atoms with Gasteiger partial charge in [-0.2, -0.15) is 0 Å². The van der Waals surface area contributed by atoms with Crippen LogP contribution >= 0.6 is 11.6 Å². The van der Waals surface area contributed by atoms with Crippen LogP contribution in [0.2, 0.25) is 5.02 Å². The lowest BCUT2D eigenvalue weighted by Gasteiger charge is -2.36. The highest BCUT2D eigenvalue weighted by Gasteiger charge is 2.28. The molecule has 1 saturated carbocycles. The number of halogens is 1.